The molecule has 31 heavy (non-hydrogen) atoms. The third-order valence-electron chi connectivity index (χ3n) is 5.45. The van der Waals surface area contributed by atoms with E-state index < -0.39 is 23.6 Å². The molecule has 1 aromatic heterocycles. The van der Waals surface area contributed by atoms with E-state index >= 15 is 0 Å². The summed E-state index contributed by atoms with van der Waals surface area (Å²) in [6.07, 6.45) is 5.23. The maximum absolute atomic E-state index is 13.6. The largest absolute Gasteiger partial charge is 0.351 e. The Kier molecular flexibility index (Phi) is 6.06. The molecule has 1 aliphatic carbocycles. The molecule has 4 rings (SSSR count). The molecule has 0 unspecified atom stereocenters. The van der Waals surface area contributed by atoms with Crippen molar-refractivity contribution in [2.24, 2.45) is 0 Å². The number of halogens is 2. The Bertz CT molecular complexity index is 1030. The van der Waals surface area contributed by atoms with Crippen molar-refractivity contribution in [3.05, 3.63) is 83.7 Å². The Morgan fingerprint density at radius 3 is 2.16 bits per heavy atom. The summed E-state index contributed by atoms with van der Waals surface area (Å²) in [5.74, 6) is -1.81. The van der Waals surface area contributed by atoms with Crippen LogP contribution in [0.15, 0.2) is 60.8 Å². The highest BCUT2D eigenvalue weighted by Crippen LogP contribution is 2.31. The number of aromatic amines is 1. The molecule has 2 amide bonds. The Balaban J connectivity index is 1.79. The average molecular weight is 424 g/mol. The Hall–Kier alpha value is -3.55. The Labute approximate surface area is 178 Å². The molecule has 1 aliphatic rings. The van der Waals surface area contributed by atoms with Gasteiger partial charge in [0.15, 0.2) is 0 Å². The molecule has 0 spiro atoms. The van der Waals surface area contributed by atoms with E-state index in [1.807, 2.05) is 0 Å². The number of amides is 2. The summed E-state index contributed by atoms with van der Waals surface area (Å²) in [4.78, 5) is 28.1. The van der Waals surface area contributed by atoms with Gasteiger partial charge in [0, 0.05) is 17.9 Å². The minimum Gasteiger partial charge on any atom is -0.351 e. The molecule has 160 valence electrons. The predicted molar refractivity (Wildman–Crippen MR) is 111 cm³/mol. The molecule has 0 saturated heterocycles. The van der Waals surface area contributed by atoms with Crippen molar-refractivity contribution in [1.29, 1.82) is 0 Å². The van der Waals surface area contributed by atoms with Crippen LogP contribution in [-0.2, 0) is 4.79 Å². The lowest BCUT2D eigenvalue weighted by molar-refractivity contribution is -0.123. The molecule has 8 heteroatoms. The highest BCUT2D eigenvalue weighted by molar-refractivity contribution is 6.09. The fraction of sp³-hybridized carbons (Fsp3) is 0.261. The lowest BCUT2D eigenvalue weighted by Crippen LogP contribution is -2.46. The van der Waals surface area contributed by atoms with E-state index in [4.69, 9.17) is 0 Å². The molecule has 1 heterocycles. The molecule has 1 saturated carbocycles. The van der Waals surface area contributed by atoms with Gasteiger partial charge < -0.3 is 5.32 Å². The maximum atomic E-state index is 13.6. The number of nitrogens with zero attached hydrogens (tertiary/aromatic N) is 2. The third-order valence-corrected chi connectivity index (χ3v) is 5.45. The van der Waals surface area contributed by atoms with Crippen LogP contribution in [0.3, 0.4) is 0 Å². The molecule has 1 atom stereocenters. The second-order valence-corrected chi connectivity index (χ2v) is 7.57. The summed E-state index contributed by atoms with van der Waals surface area (Å²) in [5.41, 5.74) is 0.941. The molecular weight excluding hydrogens is 402 g/mol. The van der Waals surface area contributed by atoms with Crippen molar-refractivity contribution in [3.8, 4) is 0 Å². The minimum absolute atomic E-state index is 0.0211. The monoisotopic (exact) mass is 424 g/mol. The average Bonchev–Trinajstić information content (AvgIpc) is 3.47. The van der Waals surface area contributed by atoms with Gasteiger partial charge in [-0.1, -0.05) is 25.0 Å². The first-order valence-corrected chi connectivity index (χ1v) is 10.2. The zero-order valence-corrected chi connectivity index (χ0v) is 16.7. The highest BCUT2D eigenvalue weighted by atomic mass is 19.1. The smallest absolute Gasteiger partial charge is 0.277 e. The first-order valence-electron chi connectivity index (χ1n) is 10.2. The van der Waals surface area contributed by atoms with Gasteiger partial charge in [-0.25, -0.2) is 8.78 Å². The Morgan fingerprint density at radius 2 is 1.58 bits per heavy atom. The van der Waals surface area contributed by atoms with E-state index in [0.29, 0.717) is 11.3 Å². The molecule has 3 aromatic rings. The molecule has 0 aliphatic heterocycles. The van der Waals surface area contributed by atoms with Crippen LogP contribution in [0.25, 0.3) is 0 Å². The number of rotatable bonds is 6. The summed E-state index contributed by atoms with van der Waals surface area (Å²) in [7, 11) is 0. The van der Waals surface area contributed by atoms with E-state index in [1.54, 1.807) is 0 Å². The topological polar surface area (TPSA) is 78.1 Å². The number of carbonyl (C=O) groups excluding carboxylic acids is 2. The molecule has 2 aromatic carbocycles. The van der Waals surface area contributed by atoms with Crippen LogP contribution in [0.2, 0.25) is 0 Å². The van der Waals surface area contributed by atoms with Gasteiger partial charge >= 0.3 is 0 Å². The summed E-state index contributed by atoms with van der Waals surface area (Å²) < 4.78 is 27.2. The summed E-state index contributed by atoms with van der Waals surface area (Å²) in [6.45, 7) is 0. The number of anilines is 1. The third kappa shape index (κ3) is 4.63. The molecule has 0 bridgehead atoms. The van der Waals surface area contributed by atoms with Crippen LogP contribution < -0.4 is 10.2 Å². The molecular formula is C23H22F2N4O2. The summed E-state index contributed by atoms with van der Waals surface area (Å²) in [6, 6.07) is 11.2. The number of aromatic nitrogens is 2. The van der Waals surface area contributed by atoms with Crippen LogP contribution in [0, 0.1) is 11.6 Å². The molecule has 1 fully saturated rings. The first-order chi connectivity index (χ1) is 15.0. The lowest BCUT2D eigenvalue weighted by Gasteiger charge is -2.32. The van der Waals surface area contributed by atoms with Crippen LogP contribution in [0.5, 0.6) is 0 Å². The standard InChI is InChI=1S/C23H22F2N4O2/c24-16-7-5-15(6-8-16)21(22(30)27-18-3-1-2-4-18)29(19-11-9-17(25)10-12-19)23(31)20-13-14-26-28-20/h5-14,18,21H,1-4H2,(H,26,28)(H,27,30)/t21-/m1/s1. The second-order valence-electron chi connectivity index (χ2n) is 7.57. The number of nitrogens with one attached hydrogen (secondary N) is 2. The number of benzene rings is 2. The van der Waals surface area contributed by atoms with Gasteiger partial charge in [0.2, 0.25) is 5.91 Å². The van der Waals surface area contributed by atoms with Crippen LogP contribution in [0.4, 0.5) is 14.5 Å². The van der Waals surface area contributed by atoms with Crippen molar-refractivity contribution >= 4 is 17.5 Å². The molecule has 0 radical (unpaired) electrons. The number of hydrogen-bond donors (Lipinski definition) is 2. The van der Waals surface area contributed by atoms with Crippen LogP contribution in [0.1, 0.15) is 47.8 Å². The molecule has 2 N–H and O–H groups in total. The highest BCUT2D eigenvalue weighted by Gasteiger charge is 2.35. The van der Waals surface area contributed by atoms with E-state index in [0.717, 1.165) is 25.7 Å². The van der Waals surface area contributed by atoms with Gasteiger partial charge in [0.25, 0.3) is 5.91 Å². The Morgan fingerprint density at radius 1 is 0.968 bits per heavy atom. The van der Waals surface area contributed by atoms with E-state index in [9.17, 15) is 18.4 Å². The van der Waals surface area contributed by atoms with Crippen molar-refractivity contribution in [2.75, 3.05) is 4.90 Å². The number of carbonyl (C=O) groups is 2. The number of H-pyrrole nitrogens is 1. The zero-order chi connectivity index (χ0) is 21.8. The van der Waals surface area contributed by atoms with Gasteiger partial charge in [-0.3, -0.25) is 19.6 Å². The van der Waals surface area contributed by atoms with E-state index in [2.05, 4.69) is 15.5 Å². The number of hydrogen-bond acceptors (Lipinski definition) is 3. The first kappa shape index (κ1) is 20.7. The normalized spacial score (nSPS) is 14.9. The quantitative estimate of drug-likeness (QED) is 0.625. The fourth-order valence-corrected chi connectivity index (χ4v) is 3.90. The molecule has 6 nitrogen and oxygen atoms in total. The van der Waals surface area contributed by atoms with Crippen molar-refractivity contribution in [2.45, 2.75) is 37.8 Å². The van der Waals surface area contributed by atoms with Gasteiger partial charge in [0.1, 0.15) is 23.4 Å². The van der Waals surface area contributed by atoms with Crippen LogP contribution in [-0.4, -0.2) is 28.1 Å². The van der Waals surface area contributed by atoms with Gasteiger partial charge in [-0.2, -0.15) is 5.10 Å². The van der Waals surface area contributed by atoms with Crippen molar-refractivity contribution in [3.63, 3.8) is 0 Å². The minimum atomic E-state index is -1.08. The SMILES string of the molecule is O=C(NC1CCCC1)[C@@H](c1ccc(F)cc1)N(C(=O)c1ccn[nH]1)c1ccc(F)cc1. The van der Waals surface area contributed by atoms with E-state index in [-0.39, 0.29) is 17.6 Å². The summed E-state index contributed by atoms with van der Waals surface area (Å²) >= 11 is 0. The van der Waals surface area contributed by atoms with Gasteiger partial charge in [-0.05, 0) is 60.9 Å². The van der Waals surface area contributed by atoms with Gasteiger partial charge in [-0.15, -0.1) is 0 Å². The second kappa shape index (κ2) is 9.07. The fourth-order valence-electron chi connectivity index (χ4n) is 3.90. The predicted octanol–water partition coefficient (Wildman–Crippen LogP) is 4.13. The van der Waals surface area contributed by atoms with Gasteiger partial charge in [0.05, 0.1) is 0 Å². The zero-order valence-electron chi connectivity index (χ0n) is 16.7. The van der Waals surface area contributed by atoms with Crippen LogP contribution >= 0.6 is 0 Å². The van der Waals surface area contributed by atoms with Crippen molar-refractivity contribution in [1.82, 2.24) is 15.5 Å². The lowest BCUT2D eigenvalue weighted by atomic mass is 10.0. The summed E-state index contributed by atoms with van der Waals surface area (Å²) in [5, 5.41) is 9.47. The maximum Gasteiger partial charge on any atom is 0.277 e. The van der Waals surface area contributed by atoms with E-state index in [1.165, 1.54) is 65.7 Å². The van der Waals surface area contributed by atoms with Crippen molar-refractivity contribution < 1.29 is 18.4 Å².